The van der Waals surface area contributed by atoms with Crippen LogP contribution in [0.2, 0.25) is 0 Å². The lowest BCUT2D eigenvalue weighted by Crippen LogP contribution is -2.58. The minimum absolute atomic E-state index is 0.405. The second-order valence-electron chi connectivity index (χ2n) is 12.3. The van der Waals surface area contributed by atoms with Crippen molar-refractivity contribution in [3.63, 3.8) is 0 Å². The molecule has 3 aliphatic heterocycles. The van der Waals surface area contributed by atoms with Gasteiger partial charge in [0.2, 0.25) is 5.95 Å². The van der Waals surface area contributed by atoms with Gasteiger partial charge in [-0.3, -0.25) is 4.90 Å². The first kappa shape index (κ1) is 22.1. The van der Waals surface area contributed by atoms with Crippen LogP contribution in [-0.2, 0) is 4.79 Å². The molecule has 5 fully saturated rings. The molecular weight excluding hydrogens is 436 g/mol. The molecule has 0 spiro atoms. The summed E-state index contributed by atoms with van der Waals surface area (Å²) in [7, 11) is 0. The van der Waals surface area contributed by atoms with E-state index in [1.54, 1.807) is 0 Å². The van der Waals surface area contributed by atoms with Crippen LogP contribution < -0.4 is 4.90 Å². The normalized spacial score (nSPS) is 37.6. The average Bonchev–Trinajstić information content (AvgIpc) is 3.48. The molecule has 2 saturated carbocycles. The van der Waals surface area contributed by atoms with Gasteiger partial charge in [0.1, 0.15) is 6.04 Å². The molecule has 2 aromatic rings. The van der Waals surface area contributed by atoms with Gasteiger partial charge in [-0.1, -0.05) is 37.8 Å². The number of aromatic nitrogens is 2. The van der Waals surface area contributed by atoms with Crippen molar-refractivity contribution in [2.24, 2.45) is 11.8 Å². The molecule has 7 rings (SSSR count). The minimum atomic E-state index is -0.712. The largest absolute Gasteiger partial charge is 0.480 e. The summed E-state index contributed by atoms with van der Waals surface area (Å²) < 4.78 is 2.47. The van der Waals surface area contributed by atoms with Crippen molar-refractivity contribution < 1.29 is 9.90 Å². The number of carboxylic acids is 1. The number of hydrogen-bond donors (Lipinski definition) is 1. The minimum Gasteiger partial charge on any atom is -0.480 e. The van der Waals surface area contributed by atoms with Gasteiger partial charge in [0, 0.05) is 30.7 Å². The number of hydrogen-bond acceptors (Lipinski definition) is 4. The van der Waals surface area contributed by atoms with E-state index < -0.39 is 12.0 Å². The van der Waals surface area contributed by atoms with Gasteiger partial charge in [0.25, 0.3) is 0 Å². The van der Waals surface area contributed by atoms with Crippen LogP contribution in [0.15, 0.2) is 24.3 Å². The molecule has 0 amide bonds. The second kappa shape index (κ2) is 8.79. The highest BCUT2D eigenvalue weighted by Gasteiger charge is 2.46. The third kappa shape index (κ3) is 3.78. The first-order chi connectivity index (χ1) is 17.2. The number of anilines is 1. The lowest BCUT2D eigenvalue weighted by Gasteiger charge is -2.55. The fourth-order valence-corrected chi connectivity index (χ4v) is 8.99. The number of carbonyl (C=O) groups is 1. The third-order valence-corrected chi connectivity index (χ3v) is 10.3. The molecule has 7 atom stereocenters. The van der Waals surface area contributed by atoms with Crippen LogP contribution in [0.5, 0.6) is 0 Å². The van der Waals surface area contributed by atoms with Crippen molar-refractivity contribution in [3.8, 4) is 0 Å². The predicted molar refractivity (Wildman–Crippen MR) is 138 cm³/mol. The average molecular weight is 477 g/mol. The number of fused-ring (bicyclic) bond motifs is 5. The Bertz CT molecular complexity index is 1070. The van der Waals surface area contributed by atoms with Gasteiger partial charge in [-0.05, 0) is 81.8 Å². The van der Waals surface area contributed by atoms with E-state index in [0.29, 0.717) is 24.5 Å². The van der Waals surface area contributed by atoms with Crippen LogP contribution in [0.25, 0.3) is 11.0 Å². The molecule has 1 N–H and O–H groups in total. The predicted octanol–water partition coefficient (Wildman–Crippen LogP) is 5.62. The summed E-state index contributed by atoms with van der Waals surface area (Å²) >= 11 is 0. The Balaban J connectivity index is 1.22. The summed E-state index contributed by atoms with van der Waals surface area (Å²) in [4.78, 5) is 22.2. The van der Waals surface area contributed by atoms with Crippen molar-refractivity contribution in [3.05, 3.63) is 24.3 Å². The zero-order valence-corrected chi connectivity index (χ0v) is 20.9. The first-order valence-electron chi connectivity index (χ1n) is 14.4. The van der Waals surface area contributed by atoms with Gasteiger partial charge in [0.05, 0.1) is 11.0 Å². The van der Waals surface area contributed by atoms with Gasteiger partial charge >= 0.3 is 5.97 Å². The summed E-state index contributed by atoms with van der Waals surface area (Å²) in [6, 6.07) is 10.5. The maximum atomic E-state index is 12.1. The van der Waals surface area contributed by atoms with Crippen LogP contribution >= 0.6 is 0 Å². The van der Waals surface area contributed by atoms with Crippen LogP contribution in [0, 0.1) is 11.8 Å². The highest BCUT2D eigenvalue weighted by Crippen LogP contribution is 2.48. The molecule has 2 unspecified atom stereocenters. The number of imidazole rings is 1. The van der Waals surface area contributed by atoms with E-state index in [2.05, 4.69) is 38.6 Å². The third-order valence-electron chi connectivity index (χ3n) is 10.3. The molecular formula is C29H40N4O2. The van der Waals surface area contributed by atoms with E-state index in [1.807, 2.05) is 0 Å². The molecule has 4 heterocycles. The molecule has 0 radical (unpaired) electrons. The highest BCUT2D eigenvalue weighted by molar-refractivity contribution is 5.82. The van der Waals surface area contributed by atoms with E-state index in [0.717, 1.165) is 42.3 Å². The summed E-state index contributed by atoms with van der Waals surface area (Å²) in [6.45, 7) is 0.789. The van der Waals surface area contributed by atoms with Gasteiger partial charge in [0.15, 0.2) is 0 Å². The number of piperidine rings is 2. The molecule has 6 heteroatoms. The number of aliphatic carboxylic acids is 1. The highest BCUT2D eigenvalue weighted by atomic mass is 16.4. The van der Waals surface area contributed by atoms with E-state index in [4.69, 9.17) is 4.98 Å². The topological polar surface area (TPSA) is 61.6 Å². The zero-order valence-electron chi connectivity index (χ0n) is 20.9. The van der Waals surface area contributed by atoms with Crippen molar-refractivity contribution in [1.82, 2.24) is 14.5 Å². The Labute approximate surface area is 208 Å². The van der Waals surface area contributed by atoms with Crippen LogP contribution in [0.3, 0.4) is 0 Å². The number of carboxylic acid groups (broad SMARTS) is 1. The summed E-state index contributed by atoms with van der Waals surface area (Å²) in [5, 5.41) is 9.91. The monoisotopic (exact) mass is 476 g/mol. The molecule has 4 bridgehead atoms. The Hall–Kier alpha value is -2.08. The fourth-order valence-electron chi connectivity index (χ4n) is 8.99. The number of para-hydroxylation sites is 2. The van der Waals surface area contributed by atoms with Gasteiger partial charge in [-0.25, -0.2) is 9.78 Å². The quantitative estimate of drug-likeness (QED) is 0.621. The van der Waals surface area contributed by atoms with Crippen LogP contribution in [0.1, 0.15) is 89.5 Å². The van der Waals surface area contributed by atoms with E-state index in [-0.39, 0.29) is 0 Å². The number of nitrogens with zero attached hydrogens (tertiary/aromatic N) is 4. The Morgan fingerprint density at radius 1 is 0.800 bits per heavy atom. The Morgan fingerprint density at radius 3 is 2.26 bits per heavy atom. The maximum Gasteiger partial charge on any atom is 0.326 e. The lowest BCUT2D eigenvalue weighted by molar-refractivity contribution is -0.138. The number of rotatable bonds is 4. The van der Waals surface area contributed by atoms with E-state index in [9.17, 15) is 9.90 Å². The Kier molecular flexibility index (Phi) is 5.56. The molecule has 1 aromatic heterocycles. The number of benzene rings is 1. The molecule has 3 saturated heterocycles. The van der Waals surface area contributed by atoms with Crippen molar-refractivity contribution in [2.45, 2.75) is 114 Å². The fraction of sp³-hybridized carbons (Fsp3) is 0.724. The SMILES string of the molecule is O=C(O)[C@H]1CCCN1c1nc2ccccc2n1C1C[C@H]2CCC[C@@H](C1)N2C1C[C@H]2CCC[C@@H](C1)C2. The van der Waals surface area contributed by atoms with Gasteiger partial charge in [-0.15, -0.1) is 0 Å². The van der Waals surface area contributed by atoms with Crippen LogP contribution in [-0.4, -0.2) is 56.2 Å². The van der Waals surface area contributed by atoms with Gasteiger partial charge in [-0.2, -0.15) is 0 Å². The van der Waals surface area contributed by atoms with Crippen molar-refractivity contribution in [1.29, 1.82) is 0 Å². The summed E-state index contributed by atoms with van der Waals surface area (Å²) in [5.74, 6) is 2.13. The van der Waals surface area contributed by atoms with E-state index >= 15 is 0 Å². The standard InChI is InChI=1S/C29H40N4O2/c34-28(35)27-12-5-13-31(27)29-30-25-10-1-2-11-26(25)33(29)24-17-21-8-4-9-22(18-24)32(21)23-15-19-6-3-7-20(14-19)16-23/h1-2,10-11,19-24,27H,3-9,12-18H2,(H,34,35)/t19-,20+,21-,22+,23?,24?,27-/m1/s1. The van der Waals surface area contributed by atoms with Crippen LogP contribution in [0.4, 0.5) is 5.95 Å². The molecule has 188 valence electrons. The Morgan fingerprint density at radius 2 is 1.51 bits per heavy atom. The van der Waals surface area contributed by atoms with E-state index in [1.165, 1.54) is 76.1 Å². The van der Waals surface area contributed by atoms with Crippen molar-refractivity contribution in [2.75, 3.05) is 11.4 Å². The summed E-state index contributed by atoms with van der Waals surface area (Å²) in [6.07, 6.45) is 16.8. The zero-order chi connectivity index (χ0) is 23.5. The first-order valence-corrected chi connectivity index (χ1v) is 14.4. The smallest absolute Gasteiger partial charge is 0.326 e. The molecule has 6 nitrogen and oxygen atoms in total. The second-order valence-corrected chi connectivity index (χ2v) is 12.3. The molecule has 35 heavy (non-hydrogen) atoms. The molecule has 1 aromatic carbocycles. The maximum absolute atomic E-state index is 12.1. The lowest BCUT2D eigenvalue weighted by atomic mass is 9.68. The molecule has 2 aliphatic carbocycles. The summed E-state index contributed by atoms with van der Waals surface area (Å²) in [5.41, 5.74) is 2.19. The molecule has 5 aliphatic rings. The van der Waals surface area contributed by atoms with Gasteiger partial charge < -0.3 is 14.6 Å². The van der Waals surface area contributed by atoms with Crippen molar-refractivity contribution >= 4 is 23.0 Å².